The van der Waals surface area contributed by atoms with Crippen LogP contribution in [-0.4, -0.2) is 30.4 Å². The Kier molecular flexibility index (Phi) is 4.98. The Morgan fingerprint density at radius 1 is 1.19 bits per heavy atom. The van der Waals surface area contributed by atoms with E-state index in [1.807, 2.05) is 49.9 Å². The molecule has 5 nitrogen and oxygen atoms in total. The molecule has 3 rings (SSSR count). The summed E-state index contributed by atoms with van der Waals surface area (Å²) in [6, 6.07) is 12.7. The monoisotopic (exact) mass is 352 g/mol. The first-order valence-corrected chi connectivity index (χ1v) is 8.81. The molecule has 2 aromatic carbocycles. The largest absolute Gasteiger partial charge is 0.487 e. The van der Waals surface area contributed by atoms with Gasteiger partial charge in [-0.25, -0.2) is 0 Å². The van der Waals surface area contributed by atoms with Crippen LogP contribution in [0.2, 0.25) is 0 Å². The Balaban J connectivity index is 1.85. The zero-order valence-electron chi connectivity index (χ0n) is 15.6. The zero-order chi connectivity index (χ0) is 18.8. The Morgan fingerprint density at radius 2 is 1.88 bits per heavy atom. The van der Waals surface area contributed by atoms with Crippen LogP contribution in [-0.2, 0) is 4.79 Å². The fraction of sp³-hybridized carbons (Fsp3) is 0.333. The van der Waals surface area contributed by atoms with Crippen molar-refractivity contribution in [3.8, 4) is 5.75 Å². The summed E-state index contributed by atoms with van der Waals surface area (Å²) in [4.78, 5) is 26.5. The highest BCUT2D eigenvalue weighted by molar-refractivity contribution is 5.98. The van der Waals surface area contributed by atoms with Gasteiger partial charge in [-0.3, -0.25) is 9.59 Å². The highest BCUT2D eigenvalue weighted by Gasteiger charge is 2.30. The molecule has 0 fully saturated rings. The number of hydrogen-bond donors (Lipinski definition) is 1. The van der Waals surface area contributed by atoms with E-state index in [2.05, 4.69) is 5.32 Å². The van der Waals surface area contributed by atoms with E-state index in [0.29, 0.717) is 17.9 Å². The van der Waals surface area contributed by atoms with E-state index < -0.39 is 6.04 Å². The maximum absolute atomic E-state index is 12.8. The summed E-state index contributed by atoms with van der Waals surface area (Å²) >= 11 is 0. The van der Waals surface area contributed by atoms with Crippen molar-refractivity contribution in [1.82, 2.24) is 0 Å². The summed E-state index contributed by atoms with van der Waals surface area (Å²) in [5.41, 5.74) is 3.30. The van der Waals surface area contributed by atoms with Gasteiger partial charge in [-0.15, -0.1) is 0 Å². The second-order valence-electron chi connectivity index (χ2n) is 6.85. The number of amides is 1. The van der Waals surface area contributed by atoms with Gasteiger partial charge in [0.25, 0.3) is 0 Å². The minimum Gasteiger partial charge on any atom is -0.487 e. The number of fused-ring (bicyclic) bond motifs is 1. The Morgan fingerprint density at radius 3 is 2.54 bits per heavy atom. The minimum absolute atomic E-state index is 0.0110. The smallest absolute Gasteiger partial charge is 0.246 e. The van der Waals surface area contributed by atoms with E-state index in [0.717, 1.165) is 16.9 Å². The van der Waals surface area contributed by atoms with Crippen molar-refractivity contribution in [2.45, 2.75) is 39.8 Å². The molecule has 1 aliphatic heterocycles. The van der Waals surface area contributed by atoms with Crippen molar-refractivity contribution in [3.63, 3.8) is 0 Å². The van der Waals surface area contributed by atoms with E-state index in [-0.39, 0.29) is 17.8 Å². The number of carbonyl (C=O) groups is 2. The van der Waals surface area contributed by atoms with Crippen molar-refractivity contribution in [2.24, 2.45) is 0 Å². The molecular weight excluding hydrogens is 328 g/mol. The number of Topliss-reactive ketones (excluding diaryl/α,β-unsaturated/α-hetero) is 1. The summed E-state index contributed by atoms with van der Waals surface area (Å²) in [5, 5.41) is 2.96. The van der Waals surface area contributed by atoms with Gasteiger partial charge in [-0.2, -0.15) is 0 Å². The molecule has 0 aliphatic carbocycles. The Hall–Kier alpha value is -2.82. The number of benzene rings is 2. The lowest BCUT2D eigenvalue weighted by Crippen LogP contribution is -2.48. The van der Waals surface area contributed by atoms with Crippen LogP contribution < -0.4 is 15.0 Å². The first kappa shape index (κ1) is 18.0. The predicted molar refractivity (Wildman–Crippen MR) is 103 cm³/mol. The number of nitrogens with zero attached hydrogens (tertiary/aromatic N) is 1. The van der Waals surface area contributed by atoms with Gasteiger partial charge in [-0.1, -0.05) is 17.7 Å². The molecule has 0 spiro atoms. The van der Waals surface area contributed by atoms with Gasteiger partial charge in [0, 0.05) is 11.3 Å². The van der Waals surface area contributed by atoms with Crippen LogP contribution in [0.5, 0.6) is 5.75 Å². The molecule has 0 radical (unpaired) electrons. The molecule has 5 heteroatoms. The van der Waals surface area contributed by atoms with E-state index in [4.69, 9.17) is 4.74 Å². The lowest BCUT2D eigenvalue weighted by atomic mass is 10.1. The summed E-state index contributed by atoms with van der Waals surface area (Å²) in [6.45, 7) is 7.96. The average molecular weight is 352 g/mol. The lowest BCUT2D eigenvalue weighted by Gasteiger charge is -2.38. The second-order valence-corrected chi connectivity index (χ2v) is 6.85. The second kappa shape index (κ2) is 7.20. The molecule has 2 atom stereocenters. The van der Waals surface area contributed by atoms with E-state index >= 15 is 0 Å². The van der Waals surface area contributed by atoms with Gasteiger partial charge in [-0.05, 0) is 58.0 Å². The van der Waals surface area contributed by atoms with Gasteiger partial charge >= 0.3 is 0 Å². The maximum Gasteiger partial charge on any atom is 0.246 e. The van der Waals surface area contributed by atoms with E-state index in [9.17, 15) is 9.59 Å². The van der Waals surface area contributed by atoms with Crippen molar-refractivity contribution < 1.29 is 14.3 Å². The van der Waals surface area contributed by atoms with Gasteiger partial charge in [0.2, 0.25) is 5.91 Å². The van der Waals surface area contributed by atoms with Crippen LogP contribution in [0.4, 0.5) is 11.4 Å². The van der Waals surface area contributed by atoms with Gasteiger partial charge in [0.1, 0.15) is 17.9 Å². The molecule has 0 saturated heterocycles. The summed E-state index contributed by atoms with van der Waals surface area (Å²) in [6.07, 6.45) is -0.0414. The number of carbonyl (C=O) groups excluding carboxylic acids is 2. The van der Waals surface area contributed by atoms with Crippen molar-refractivity contribution in [1.29, 1.82) is 0 Å². The minimum atomic E-state index is -0.399. The molecule has 1 N–H and O–H groups in total. The number of aryl methyl sites for hydroxylation is 1. The molecule has 0 aromatic heterocycles. The summed E-state index contributed by atoms with van der Waals surface area (Å²) < 4.78 is 5.87. The van der Waals surface area contributed by atoms with Gasteiger partial charge < -0.3 is 15.0 Å². The van der Waals surface area contributed by atoms with E-state index in [1.165, 1.54) is 6.92 Å². The number of ether oxygens (including phenoxy) is 1. The normalized spacial score (nSPS) is 17.1. The van der Waals surface area contributed by atoms with Crippen LogP contribution in [0, 0.1) is 6.92 Å². The topological polar surface area (TPSA) is 58.6 Å². The van der Waals surface area contributed by atoms with Crippen LogP contribution in [0.15, 0.2) is 42.5 Å². The molecule has 2 aromatic rings. The summed E-state index contributed by atoms with van der Waals surface area (Å²) in [7, 11) is 0. The van der Waals surface area contributed by atoms with Crippen molar-refractivity contribution >= 4 is 23.1 Å². The lowest BCUT2D eigenvalue weighted by molar-refractivity contribution is -0.117. The van der Waals surface area contributed by atoms with Crippen molar-refractivity contribution in [3.05, 3.63) is 53.6 Å². The third kappa shape index (κ3) is 3.72. The SMILES string of the molecule is CC(=O)c1ccc2c(c1)N(C(C)C(=O)Nc1ccc(C)cc1)CC(C)O2. The molecule has 2 unspecified atom stereocenters. The number of nitrogens with one attached hydrogen (secondary N) is 1. The third-order valence-corrected chi connectivity index (χ3v) is 4.62. The Bertz CT molecular complexity index is 830. The number of hydrogen-bond acceptors (Lipinski definition) is 4. The summed E-state index contributed by atoms with van der Waals surface area (Å²) in [5.74, 6) is 0.592. The molecule has 0 saturated carbocycles. The van der Waals surface area contributed by atoms with Crippen LogP contribution >= 0.6 is 0 Å². The standard InChI is InChI=1S/C21H24N2O3/c1-13-5-8-18(9-6-13)22-21(25)15(3)23-12-14(2)26-20-10-7-17(16(4)24)11-19(20)23/h5-11,14-15H,12H2,1-4H3,(H,22,25). The van der Waals surface area contributed by atoms with Crippen LogP contribution in [0.1, 0.15) is 36.7 Å². The van der Waals surface area contributed by atoms with Crippen LogP contribution in [0.3, 0.4) is 0 Å². The highest BCUT2D eigenvalue weighted by Crippen LogP contribution is 2.35. The molecule has 1 heterocycles. The number of ketones is 1. The fourth-order valence-corrected chi connectivity index (χ4v) is 3.08. The zero-order valence-corrected chi connectivity index (χ0v) is 15.6. The van der Waals surface area contributed by atoms with Crippen molar-refractivity contribution in [2.75, 3.05) is 16.8 Å². The quantitative estimate of drug-likeness (QED) is 0.850. The number of rotatable bonds is 4. The van der Waals surface area contributed by atoms with Gasteiger partial charge in [0.05, 0.1) is 12.2 Å². The molecule has 0 bridgehead atoms. The molecule has 1 amide bonds. The Labute approximate surface area is 154 Å². The molecular formula is C21H24N2O3. The van der Waals surface area contributed by atoms with E-state index in [1.54, 1.807) is 18.2 Å². The third-order valence-electron chi connectivity index (χ3n) is 4.62. The molecule has 136 valence electrons. The molecule has 1 aliphatic rings. The van der Waals surface area contributed by atoms with Gasteiger partial charge in [0.15, 0.2) is 5.78 Å². The first-order valence-electron chi connectivity index (χ1n) is 8.81. The fourth-order valence-electron chi connectivity index (χ4n) is 3.08. The molecule has 26 heavy (non-hydrogen) atoms. The first-order chi connectivity index (χ1) is 12.3. The van der Waals surface area contributed by atoms with Crippen LogP contribution in [0.25, 0.3) is 0 Å². The maximum atomic E-state index is 12.8. The average Bonchev–Trinajstić information content (AvgIpc) is 2.61. The predicted octanol–water partition coefficient (Wildman–Crippen LogP) is 3.81. The highest BCUT2D eigenvalue weighted by atomic mass is 16.5. The number of anilines is 2.